The van der Waals surface area contributed by atoms with Crippen LogP contribution in [0.3, 0.4) is 0 Å². The van der Waals surface area contributed by atoms with Crippen LogP contribution in [-0.2, 0) is 11.2 Å². The Balaban J connectivity index is 2.80. The van der Waals surface area contributed by atoms with Gasteiger partial charge in [0.05, 0.1) is 0 Å². The predicted molar refractivity (Wildman–Crippen MR) is 49.0 cm³/mol. The molecule has 0 saturated carbocycles. The van der Waals surface area contributed by atoms with E-state index in [1.165, 1.54) is 0 Å². The third kappa shape index (κ3) is 2.61. The number of carbonyl (C=O) groups is 1. The molecule has 0 aromatic heterocycles. The van der Waals surface area contributed by atoms with Crippen molar-refractivity contribution in [3.8, 4) is 0 Å². The number of aryl methyl sites for hydroxylation is 1. The lowest BCUT2D eigenvalue weighted by atomic mass is 10.1. The van der Waals surface area contributed by atoms with Crippen molar-refractivity contribution in [2.24, 2.45) is 5.11 Å². The van der Waals surface area contributed by atoms with Crippen molar-refractivity contribution >= 4 is 5.91 Å². The van der Waals surface area contributed by atoms with E-state index in [1.54, 1.807) is 0 Å². The summed E-state index contributed by atoms with van der Waals surface area (Å²) in [7, 11) is 0. The Morgan fingerprint density at radius 3 is 2.85 bits per heavy atom. The Bertz CT molecular complexity index is 367. The van der Waals surface area contributed by atoms with E-state index in [2.05, 4.69) is 10.0 Å². The van der Waals surface area contributed by atoms with Gasteiger partial charge in [0.2, 0.25) is 5.91 Å². The first-order valence-corrected chi connectivity index (χ1v) is 3.86. The fourth-order valence-corrected chi connectivity index (χ4v) is 1.06. The van der Waals surface area contributed by atoms with Crippen LogP contribution in [-0.4, -0.2) is 5.91 Å². The number of hydrogen-bond acceptors (Lipinski definition) is 1. The van der Waals surface area contributed by atoms with E-state index < -0.39 is 5.91 Å². The summed E-state index contributed by atoms with van der Waals surface area (Å²) in [6.07, 6.45) is 0.177. The summed E-state index contributed by atoms with van der Waals surface area (Å²) >= 11 is 0. The molecular formula is C9H9N3O. The highest BCUT2D eigenvalue weighted by Gasteiger charge is 2.02. The Morgan fingerprint density at radius 2 is 2.23 bits per heavy atom. The van der Waals surface area contributed by atoms with Crippen LogP contribution < -0.4 is 0 Å². The van der Waals surface area contributed by atoms with E-state index in [9.17, 15) is 4.79 Å². The summed E-state index contributed by atoms with van der Waals surface area (Å²) in [6, 6.07) is 7.52. The summed E-state index contributed by atoms with van der Waals surface area (Å²) in [5.74, 6) is -0.447. The number of nitrogens with zero attached hydrogens (tertiary/aromatic N) is 3. The highest BCUT2D eigenvalue weighted by molar-refractivity contribution is 5.79. The van der Waals surface area contributed by atoms with Crippen molar-refractivity contribution < 1.29 is 4.79 Å². The number of azide groups is 1. The SMILES string of the molecule is Cc1ccccc1CC(=O)N=[N+]=[N-]. The summed E-state index contributed by atoms with van der Waals surface area (Å²) in [4.78, 5) is 13.4. The summed E-state index contributed by atoms with van der Waals surface area (Å²) in [6.45, 7) is 1.92. The first-order valence-electron chi connectivity index (χ1n) is 3.86. The molecule has 0 aliphatic rings. The van der Waals surface area contributed by atoms with Crippen molar-refractivity contribution in [1.29, 1.82) is 0 Å². The molecule has 0 N–H and O–H groups in total. The van der Waals surface area contributed by atoms with Gasteiger partial charge in [0.1, 0.15) is 0 Å². The third-order valence-corrected chi connectivity index (χ3v) is 1.76. The minimum Gasteiger partial charge on any atom is -0.292 e. The van der Waals surface area contributed by atoms with Crippen LogP contribution in [0, 0.1) is 6.92 Å². The zero-order chi connectivity index (χ0) is 9.68. The molecule has 0 unspecified atom stereocenters. The van der Waals surface area contributed by atoms with Gasteiger partial charge in [-0.2, -0.15) is 0 Å². The summed E-state index contributed by atoms with van der Waals surface area (Å²) in [5.41, 5.74) is 9.96. The van der Waals surface area contributed by atoms with Gasteiger partial charge in [0.15, 0.2) is 0 Å². The molecule has 1 aromatic rings. The van der Waals surface area contributed by atoms with Crippen molar-refractivity contribution in [3.63, 3.8) is 0 Å². The quantitative estimate of drug-likeness (QED) is 0.386. The maximum Gasteiger partial charge on any atom is 0.223 e. The van der Waals surface area contributed by atoms with Gasteiger partial charge in [-0.1, -0.05) is 24.3 Å². The molecule has 0 bridgehead atoms. The normalized spacial score (nSPS) is 9.00. The average Bonchev–Trinajstić information content (AvgIpc) is 2.09. The lowest BCUT2D eigenvalue weighted by molar-refractivity contribution is -0.117. The lowest BCUT2D eigenvalue weighted by Crippen LogP contribution is -1.99. The smallest absolute Gasteiger partial charge is 0.223 e. The van der Waals surface area contributed by atoms with Crippen LogP contribution in [0.25, 0.3) is 10.4 Å². The predicted octanol–water partition coefficient (Wildman–Crippen LogP) is 2.37. The Morgan fingerprint density at radius 1 is 1.54 bits per heavy atom. The van der Waals surface area contributed by atoms with Gasteiger partial charge in [-0.05, 0) is 28.7 Å². The number of benzene rings is 1. The second-order valence-electron chi connectivity index (χ2n) is 2.69. The zero-order valence-corrected chi connectivity index (χ0v) is 7.27. The second-order valence-corrected chi connectivity index (χ2v) is 2.69. The van der Waals surface area contributed by atoms with E-state index in [1.807, 2.05) is 31.2 Å². The molecule has 13 heavy (non-hydrogen) atoms. The Kier molecular flexibility index (Phi) is 3.06. The monoisotopic (exact) mass is 175 g/mol. The van der Waals surface area contributed by atoms with Gasteiger partial charge in [-0.25, -0.2) is 0 Å². The fraction of sp³-hybridized carbons (Fsp3) is 0.222. The molecule has 4 heteroatoms. The standard InChI is InChI=1S/C9H9N3O/c1-7-4-2-3-5-8(7)6-9(13)11-12-10/h2-5H,6H2,1H3. The molecule has 0 atom stereocenters. The Hall–Kier alpha value is -1.80. The Labute approximate surface area is 75.8 Å². The lowest BCUT2D eigenvalue weighted by Gasteiger charge is -2.00. The van der Waals surface area contributed by atoms with Gasteiger partial charge < -0.3 is 0 Å². The number of hydrogen-bond donors (Lipinski definition) is 0. The zero-order valence-electron chi connectivity index (χ0n) is 7.27. The number of carbonyl (C=O) groups excluding carboxylic acids is 1. The van der Waals surface area contributed by atoms with Gasteiger partial charge in [-0.15, -0.1) is 0 Å². The molecule has 0 radical (unpaired) electrons. The van der Waals surface area contributed by atoms with Crippen molar-refractivity contribution in [1.82, 2.24) is 0 Å². The van der Waals surface area contributed by atoms with E-state index in [0.717, 1.165) is 11.1 Å². The van der Waals surface area contributed by atoms with Crippen molar-refractivity contribution in [2.45, 2.75) is 13.3 Å². The van der Waals surface area contributed by atoms with Crippen LogP contribution in [0.15, 0.2) is 29.4 Å². The molecular weight excluding hydrogens is 166 g/mol. The molecule has 0 spiro atoms. The molecule has 0 saturated heterocycles. The van der Waals surface area contributed by atoms with Crippen LogP contribution in [0.2, 0.25) is 0 Å². The molecule has 0 aliphatic heterocycles. The minimum absolute atomic E-state index is 0.177. The number of rotatable bonds is 2. The highest BCUT2D eigenvalue weighted by Crippen LogP contribution is 2.08. The van der Waals surface area contributed by atoms with Crippen molar-refractivity contribution in [2.75, 3.05) is 0 Å². The molecule has 66 valence electrons. The molecule has 4 nitrogen and oxygen atoms in total. The largest absolute Gasteiger partial charge is 0.292 e. The second kappa shape index (κ2) is 4.28. The molecule has 1 rings (SSSR count). The fourth-order valence-electron chi connectivity index (χ4n) is 1.06. The van der Waals surface area contributed by atoms with Gasteiger partial charge >= 0.3 is 0 Å². The number of amides is 1. The molecule has 1 aromatic carbocycles. The molecule has 0 heterocycles. The summed E-state index contributed by atoms with van der Waals surface area (Å²) in [5, 5.41) is 3.00. The average molecular weight is 175 g/mol. The van der Waals surface area contributed by atoms with E-state index in [-0.39, 0.29) is 6.42 Å². The van der Waals surface area contributed by atoms with Crippen LogP contribution in [0.4, 0.5) is 0 Å². The van der Waals surface area contributed by atoms with Crippen LogP contribution in [0.1, 0.15) is 11.1 Å². The van der Waals surface area contributed by atoms with Crippen LogP contribution >= 0.6 is 0 Å². The van der Waals surface area contributed by atoms with E-state index >= 15 is 0 Å². The molecule has 0 fully saturated rings. The topological polar surface area (TPSA) is 65.8 Å². The molecule has 0 aliphatic carbocycles. The maximum atomic E-state index is 10.9. The first kappa shape index (κ1) is 9.29. The summed E-state index contributed by atoms with van der Waals surface area (Å²) < 4.78 is 0. The van der Waals surface area contributed by atoms with Crippen molar-refractivity contribution in [3.05, 3.63) is 45.8 Å². The van der Waals surface area contributed by atoms with E-state index in [0.29, 0.717) is 0 Å². The maximum absolute atomic E-state index is 10.9. The minimum atomic E-state index is -0.447. The van der Waals surface area contributed by atoms with E-state index in [4.69, 9.17) is 5.53 Å². The van der Waals surface area contributed by atoms with Gasteiger partial charge in [-0.3, -0.25) is 4.79 Å². The third-order valence-electron chi connectivity index (χ3n) is 1.76. The first-order chi connectivity index (χ1) is 6.24. The van der Waals surface area contributed by atoms with Gasteiger partial charge in [0.25, 0.3) is 0 Å². The molecule has 1 amide bonds. The highest BCUT2D eigenvalue weighted by atomic mass is 16.1. The van der Waals surface area contributed by atoms with Gasteiger partial charge in [0, 0.05) is 11.3 Å². The van der Waals surface area contributed by atoms with Crippen LogP contribution in [0.5, 0.6) is 0 Å².